The Morgan fingerprint density at radius 2 is 1.86 bits per heavy atom. The molecule has 0 spiro atoms. The van der Waals surface area contributed by atoms with Crippen LogP contribution in [0.2, 0.25) is 0 Å². The van der Waals surface area contributed by atoms with E-state index >= 15 is 0 Å². The molecule has 2 aromatic rings. The Kier molecular flexibility index (Phi) is 3.44. The van der Waals surface area contributed by atoms with Crippen molar-refractivity contribution in [3.05, 3.63) is 24.0 Å². The van der Waals surface area contributed by atoms with E-state index in [-0.39, 0.29) is 11.5 Å². The van der Waals surface area contributed by atoms with Crippen molar-refractivity contribution in [2.24, 2.45) is 0 Å². The SMILES string of the molecule is CC(C)(C)c1nc2cc(N)ccc2n1C1CCC(O)CC1. The fraction of sp³-hybridized carbons (Fsp3) is 0.588. The Labute approximate surface area is 126 Å². The maximum Gasteiger partial charge on any atom is 0.115 e. The molecule has 1 fully saturated rings. The zero-order valence-corrected chi connectivity index (χ0v) is 13.1. The highest BCUT2D eigenvalue weighted by Crippen LogP contribution is 2.36. The number of nitrogens with two attached hydrogens (primary N) is 1. The number of anilines is 1. The molecule has 0 unspecified atom stereocenters. The minimum Gasteiger partial charge on any atom is -0.399 e. The number of benzene rings is 1. The van der Waals surface area contributed by atoms with Crippen molar-refractivity contribution in [3.63, 3.8) is 0 Å². The number of hydrogen-bond acceptors (Lipinski definition) is 3. The summed E-state index contributed by atoms with van der Waals surface area (Å²) in [6.07, 6.45) is 3.65. The third-order valence-electron chi connectivity index (χ3n) is 4.42. The lowest BCUT2D eigenvalue weighted by Crippen LogP contribution is -2.26. The normalized spacial score (nSPS) is 23.6. The summed E-state index contributed by atoms with van der Waals surface area (Å²) in [6.45, 7) is 6.60. The van der Waals surface area contributed by atoms with Crippen molar-refractivity contribution in [1.82, 2.24) is 9.55 Å². The molecular weight excluding hydrogens is 262 g/mol. The van der Waals surface area contributed by atoms with Crippen molar-refractivity contribution in [2.45, 2.75) is 64.0 Å². The lowest BCUT2D eigenvalue weighted by molar-refractivity contribution is 0.110. The van der Waals surface area contributed by atoms with E-state index in [2.05, 4.69) is 31.4 Å². The number of fused-ring (bicyclic) bond motifs is 1. The van der Waals surface area contributed by atoms with Crippen LogP contribution < -0.4 is 5.73 Å². The van der Waals surface area contributed by atoms with Gasteiger partial charge in [0.1, 0.15) is 5.82 Å². The smallest absolute Gasteiger partial charge is 0.115 e. The summed E-state index contributed by atoms with van der Waals surface area (Å²) >= 11 is 0. The van der Waals surface area contributed by atoms with E-state index in [0.717, 1.165) is 48.2 Å². The molecule has 0 atom stereocenters. The Morgan fingerprint density at radius 1 is 1.19 bits per heavy atom. The van der Waals surface area contributed by atoms with Crippen LogP contribution in [-0.2, 0) is 5.41 Å². The molecule has 0 saturated heterocycles. The highest BCUT2D eigenvalue weighted by molar-refractivity contribution is 5.80. The number of aromatic nitrogens is 2. The number of aliphatic hydroxyl groups excluding tert-OH is 1. The standard InChI is InChI=1S/C17H25N3O/c1-17(2,3)16-19-14-10-11(18)4-9-15(14)20(16)12-5-7-13(21)8-6-12/h4,9-10,12-13,21H,5-8,18H2,1-3H3. The zero-order chi connectivity index (χ0) is 15.2. The molecule has 4 heteroatoms. The maximum atomic E-state index is 9.76. The molecule has 3 N–H and O–H groups in total. The van der Waals surface area contributed by atoms with Gasteiger partial charge in [-0.1, -0.05) is 20.8 Å². The monoisotopic (exact) mass is 287 g/mol. The Hall–Kier alpha value is -1.55. The number of nitrogen functional groups attached to an aromatic ring is 1. The average Bonchev–Trinajstić information content (AvgIpc) is 2.78. The molecule has 21 heavy (non-hydrogen) atoms. The fourth-order valence-electron chi connectivity index (χ4n) is 3.33. The summed E-state index contributed by atoms with van der Waals surface area (Å²) in [5, 5.41) is 9.76. The number of rotatable bonds is 1. The van der Waals surface area contributed by atoms with Gasteiger partial charge < -0.3 is 15.4 Å². The first-order valence-corrected chi connectivity index (χ1v) is 7.82. The summed E-state index contributed by atoms with van der Waals surface area (Å²) in [7, 11) is 0. The Bertz CT molecular complexity index is 646. The van der Waals surface area contributed by atoms with Gasteiger partial charge in [0, 0.05) is 17.1 Å². The van der Waals surface area contributed by atoms with Crippen LogP contribution in [0.1, 0.15) is 58.3 Å². The number of hydrogen-bond donors (Lipinski definition) is 2. The largest absolute Gasteiger partial charge is 0.399 e. The second-order valence-corrected chi connectivity index (χ2v) is 7.27. The van der Waals surface area contributed by atoms with E-state index in [4.69, 9.17) is 10.7 Å². The van der Waals surface area contributed by atoms with E-state index < -0.39 is 0 Å². The molecule has 0 amide bonds. The maximum absolute atomic E-state index is 9.76. The summed E-state index contributed by atoms with van der Waals surface area (Å²) < 4.78 is 2.39. The first-order valence-electron chi connectivity index (χ1n) is 7.82. The second-order valence-electron chi connectivity index (χ2n) is 7.27. The van der Waals surface area contributed by atoms with Gasteiger partial charge >= 0.3 is 0 Å². The van der Waals surface area contributed by atoms with E-state index in [1.807, 2.05) is 12.1 Å². The predicted octanol–water partition coefficient (Wildman–Crippen LogP) is 3.39. The number of aliphatic hydroxyl groups is 1. The molecule has 3 rings (SSSR count). The van der Waals surface area contributed by atoms with Crippen LogP contribution in [0.5, 0.6) is 0 Å². The lowest BCUT2D eigenvalue weighted by atomic mass is 9.90. The molecule has 1 aliphatic carbocycles. The van der Waals surface area contributed by atoms with Gasteiger partial charge in [-0.05, 0) is 43.9 Å². The van der Waals surface area contributed by atoms with Gasteiger partial charge in [-0.3, -0.25) is 0 Å². The predicted molar refractivity (Wildman–Crippen MR) is 86.4 cm³/mol. The van der Waals surface area contributed by atoms with Gasteiger partial charge in [0.25, 0.3) is 0 Å². The van der Waals surface area contributed by atoms with Crippen LogP contribution in [0.25, 0.3) is 11.0 Å². The minimum absolute atomic E-state index is 0.0101. The molecule has 4 nitrogen and oxygen atoms in total. The Morgan fingerprint density at radius 3 is 2.48 bits per heavy atom. The van der Waals surface area contributed by atoms with Gasteiger partial charge in [-0.15, -0.1) is 0 Å². The van der Waals surface area contributed by atoms with Gasteiger partial charge in [-0.25, -0.2) is 4.98 Å². The summed E-state index contributed by atoms with van der Waals surface area (Å²) in [6, 6.07) is 6.41. The average molecular weight is 287 g/mol. The van der Waals surface area contributed by atoms with Gasteiger partial charge in [0.15, 0.2) is 0 Å². The molecule has 1 aliphatic rings. The van der Waals surface area contributed by atoms with Gasteiger partial charge in [0.2, 0.25) is 0 Å². The van der Waals surface area contributed by atoms with Crippen molar-refractivity contribution < 1.29 is 5.11 Å². The molecule has 0 aliphatic heterocycles. The summed E-state index contributed by atoms with van der Waals surface area (Å²) in [4.78, 5) is 4.86. The van der Waals surface area contributed by atoms with Crippen molar-refractivity contribution in [1.29, 1.82) is 0 Å². The Balaban J connectivity index is 2.14. The van der Waals surface area contributed by atoms with Crippen LogP contribution in [0.15, 0.2) is 18.2 Å². The lowest BCUT2D eigenvalue weighted by Gasteiger charge is -2.31. The van der Waals surface area contributed by atoms with Gasteiger partial charge in [0.05, 0.1) is 17.1 Å². The fourth-order valence-corrected chi connectivity index (χ4v) is 3.33. The van der Waals surface area contributed by atoms with Crippen molar-refractivity contribution >= 4 is 16.7 Å². The zero-order valence-electron chi connectivity index (χ0n) is 13.1. The van der Waals surface area contributed by atoms with E-state index in [9.17, 15) is 5.11 Å². The minimum atomic E-state index is -0.134. The molecule has 0 bridgehead atoms. The van der Waals surface area contributed by atoms with E-state index in [1.54, 1.807) is 0 Å². The van der Waals surface area contributed by atoms with Crippen molar-refractivity contribution in [2.75, 3.05) is 5.73 Å². The van der Waals surface area contributed by atoms with Crippen molar-refractivity contribution in [3.8, 4) is 0 Å². The van der Waals surface area contributed by atoms with Gasteiger partial charge in [-0.2, -0.15) is 0 Å². The third kappa shape index (κ3) is 2.64. The second kappa shape index (κ2) is 5.02. The van der Waals surface area contributed by atoms with E-state index in [0.29, 0.717) is 6.04 Å². The topological polar surface area (TPSA) is 64.1 Å². The van der Waals surface area contributed by atoms with Crippen LogP contribution >= 0.6 is 0 Å². The molecule has 1 aromatic heterocycles. The highest BCUT2D eigenvalue weighted by Gasteiger charge is 2.29. The third-order valence-corrected chi connectivity index (χ3v) is 4.42. The molecule has 0 radical (unpaired) electrons. The van der Waals surface area contributed by atoms with Crippen LogP contribution in [0.3, 0.4) is 0 Å². The first kappa shape index (κ1) is 14.4. The quantitative estimate of drug-likeness (QED) is 0.790. The van der Waals surface area contributed by atoms with Crippen LogP contribution in [0.4, 0.5) is 5.69 Å². The van der Waals surface area contributed by atoms with Crippen LogP contribution in [-0.4, -0.2) is 20.8 Å². The molecular formula is C17H25N3O. The van der Waals surface area contributed by atoms with E-state index in [1.165, 1.54) is 0 Å². The van der Waals surface area contributed by atoms with Crippen LogP contribution in [0, 0.1) is 0 Å². The highest BCUT2D eigenvalue weighted by atomic mass is 16.3. The molecule has 1 saturated carbocycles. The molecule has 114 valence electrons. The molecule has 1 heterocycles. The number of nitrogens with zero attached hydrogens (tertiary/aromatic N) is 2. The summed E-state index contributed by atoms with van der Waals surface area (Å²) in [5.41, 5.74) is 8.79. The molecule has 1 aromatic carbocycles. The number of imidazole rings is 1. The summed E-state index contributed by atoms with van der Waals surface area (Å²) in [5.74, 6) is 1.12. The first-order chi connectivity index (χ1) is 9.86.